The van der Waals surface area contributed by atoms with E-state index in [0.29, 0.717) is 10.8 Å². The SMILES string of the molecule is CC1SCC(C(=O)O)N1C(=O)C=Cc1ccccc1Cl. The molecule has 1 aliphatic heterocycles. The standard InChI is InChI=1S/C14H14ClNO3S/c1-9-16(12(8-20-9)14(18)19)13(17)7-6-10-4-2-3-5-11(10)15/h2-7,9,12H,8H2,1H3,(H,18,19). The Hall–Kier alpha value is -1.46. The number of carbonyl (C=O) groups excluding carboxylic acids is 1. The van der Waals surface area contributed by atoms with Crippen LogP contribution >= 0.6 is 23.4 Å². The van der Waals surface area contributed by atoms with Crippen molar-refractivity contribution in [1.29, 1.82) is 0 Å². The lowest BCUT2D eigenvalue weighted by molar-refractivity contribution is -0.147. The first-order valence-corrected chi connectivity index (χ1v) is 7.52. The molecule has 20 heavy (non-hydrogen) atoms. The van der Waals surface area contributed by atoms with Crippen molar-refractivity contribution in [2.75, 3.05) is 5.75 Å². The van der Waals surface area contributed by atoms with E-state index in [4.69, 9.17) is 16.7 Å². The van der Waals surface area contributed by atoms with Gasteiger partial charge >= 0.3 is 5.97 Å². The zero-order valence-corrected chi connectivity index (χ0v) is 12.4. The summed E-state index contributed by atoms with van der Waals surface area (Å²) in [5.41, 5.74) is 0.730. The largest absolute Gasteiger partial charge is 0.480 e. The van der Waals surface area contributed by atoms with Crippen LogP contribution in [0.15, 0.2) is 30.3 Å². The van der Waals surface area contributed by atoms with Gasteiger partial charge in [-0.1, -0.05) is 29.8 Å². The van der Waals surface area contributed by atoms with Gasteiger partial charge in [0.25, 0.3) is 0 Å². The van der Waals surface area contributed by atoms with Gasteiger partial charge in [0.2, 0.25) is 5.91 Å². The summed E-state index contributed by atoms with van der Waals surface area (Å²) in [5, 5.41) is 9.54. The molecule has 1 aromatic carbocycles. The highest BCUT2D eigenvalue weighted by Crippen LogP contribution is 2.29. The molecule has 2 atom stereocenters. The average Bonchev–Trinajstić information content (AvgIpc) is 2.79. The molecular weight excluding hydrogens is 298 g/mol. The van der Waals surface area contributed by atoms with E-state index in [1.807, 2.05) is 13.0 Å². The maximum absolute atomic E-state index is 12.2. The van der Waals surface area contributed by atoms with Crippen molar-refractivity contribution in [3.63, 3.8) is 0 Å². The molecule has 2 rings (SSSR count). The highest BCUT2D eigenvalue weighted by atomic mass is 35.5. The summed E-state index contributed by atoms with van der Waals surface area (Å²) < 4.78 is 0. The van der Waals surface area contributed by atoms with Crippen molar-refractivity contribution >= 4 is 41.3 Å². The van der Waals surface area contributed by atoms with Crippen LogP contribution < -0.4 is 0 Å². The first-order chi connectivity index (χ1) is 9.50. The third-order valence-electron chi connectivity index (χ3n) is 3.07. The van der Waals surface area contributed by atoms with Crippen LogP contribution in [0, 0.1) is 0 Å². The average molecular weight is 312 g/mol. The maximum Gasteiger partial charge on any atom is 0.327 e. The highest BCUT2D eigenvalue weighted by Gasteiger charge is 2.38. The molecule has 4 nitrogen and oxygen atoms in total. The Morgan fingerprint density at radius 2 is 2.15 bits per heavy atom. The smallest absolute Gasteiger partial charge is 0.327 e. The van der Waals surface area contributed by atoms with Crippen LogP contribution in [0.2, 0.25) is 5.02 Å². The Bertz CT molecular complexity index is 561. The Morgan fingerprint density at radius 1 is 1.45 bits per heavy atom. The van der Waals surface area contributed by atoms with Crippen LogP contribution in [0.4, 0.5) is 0 Å². The van der Waals surface area contributed by atoms with Crippen LogP contribution in [-0.2, 0) is 9.59 Å². The van der Waals surface area contributed by atoms with Gasteiger partial charge in [0, 0.05) is 16.9 Å². The minimum Gasteiger partial charge on any atom is -0.480 e. The summed E-state index contributed by atoms with van der Waals surface area (Å²) in [6.45, 7) is 1.83. The summed E-state index contributed by atoms with van der Waals surface area (Å²) >= 11 is 7.46. The molecule has 0 aromatic heterocycles. The lowest BCUT2D eigenvalue weighted by atomic mass is 10.2. The first kappa shape index (κ1) is 14.9. The topological polar surface area (TPSA) is 57.6 Å². The molecule has 1 aliphatic rings. The summed E-state index contributed by atoms with van der Waals surface area (Å²) in [7, 11) is 0. The minimum absolute atomic E-state index is 0.139. The quantitative estimate of drug-likeness (QED) is 0.872. The molecule has 0 saturated carbocycles. The molecule has 1 saturated heterocycles. The van der Waals surface area contributed by atoms with E-state index >= 15 is 0 Å². The Labute approximate surface area is 126 Å². The molecule has 106 valence electrons. The number of aliphatic carboxylic acids is 1. The van der Waals surface area contributed by atoms with Crippen LogP contribution in [0.3, 0.4) is 0 Å². The van der Waals surface area contributed by atoms with Gasteiger partial charge in [-0.05, 0) is 24.6 Å². The molecule has 1 aromatic rings. The summed E-state index contributed by atoms with van der Waals surface area (Å²) in [4.78, 5) is 24.7. The van der Waals surface area contributed by atoms with Crippen molar-refractivity contribution in [2.45, 2.75) is 18.3 Å². The molecule has 0 bridgehead atoms. The molecule has 2 unspecified atom stereocenters. The lowest BCUT2D eigenvalue weighted by Crippen LogP contribution is -2.43. The number of benzene rings is 1. The zero-order valence-electron chi connectivity index (χ0n) is 10.8. The van der Waals surface area contributed by atoms with E-state index in [9.17, 15) is 9.59 Å². The normalized spacial score (nSPS) is 22.4. The lowest BCUT2D eigenvalue weighted by Gasteiger charge is -2.23. The van der Waals surface area contributed by atoms with Crippen molar-refractivity contribution in [3.05, 3.63) is 40.9 Å². The fourth-order valence-corrected chi connectivity index (χ4v) is 3.40. The number of halogens is 1. The minimum atomic E-state index is -0.971. The summed E-state index contributed by atoms with van der Waals surface area (Å²) in [5.74, 6) is -0.863. The van der Waals surface area contributed by atoms with E-state index in [0.717, 1.165) is 5.56 Å². The maximum atomic E-state index is 12.2. The molecular formula is C14H14ClNO3S. The predicted molar refractivity (Wildman–Crippen MR) is 80.7 cm³/mol. The number of amides is 1. The van der Waals surface area contributed by atoms with E-state index in [-0.39, 0.29) is 11.3 Å². The summed E-state index contributed by atoms with van der Waals surface area (Å²) in [6.07, 6.45) is 2.98. The second-order valence-corrected chi connectivity index (χ2v) is 6.14. The molecule has 0 aliphatic carbocycles. The van der Waals surface area contributed by atoms with Gasteiger partial charge in [-0.25, -0.2) is 4.79 Å². The number of thioether (sulfide) groups is 1. The van der Waals surface area contributed by atoms with Gasteiger partial charge in [0.15, 0.2) is 0 Å². The van der Waals surface area contributed by atoms with Crippen molar-refractivity contribution in [1.82, 2.24) is 4.90 Å². The number of hydrogen-bond donors (Lipinski definition) is 1. The fraction of sp³-hybridized carbons (Fsp3) is 0.286. The molecule has 1 heterocycles. The van der Waals surface area contributed by atoms with Crippen molar-refractivity contribution in [3.8, 4) is 0 Å². The van der Waals surface area contributed by atoms with Gasteiger partial charge in [0.05, 0.1) is 5.37 Å². The van der Waals surface area contributed by atoms with Gasteiger partial charge in [-0.3, -0.25) is 4.79 Å². The number of carbonyl (C=O) groups is 2. The van der Waals surface area contributed by atoms with Crippen LogP contribution in [-0.4, -0.2) is 39.1 Å². The molecule has 1 fully saturated rings. The van der Waals surface area contributed by atoms with Crippen molar-refractivity contribution < 1.29 is 14.7 Å². The number of hydrogen-bond acceptors (Lipinski definition) is 3. The third kappa shape index (κ3) is 3.16. The molecule has 0 spiro atoms. The Balaban J connectivity index is 2.15. The Kier molecular flexibility index (Phi) is 4.73. The van der Waals surface area contributed by atoms with Crippen LogP contribution in [0.25, 0.3) is 6.08 Å². The fourth-order valence-electron chi connectivity index (χ4n) is 2.02. The van der Waals surface area contributed by atoms with Crippen LogP contribution in [0.5, 0.6) is 0 Å². The molecule has 6 heteroatoms. The van der Waals surface area contributed by atoms with Gasteiger partial charge < -0.3 is 10.0 Å². The van der Waals surface area contributed by atoms with E-state index in [2.05, 4.69) is 0 Å². The monoisotopic (exact) mass is 311 g/mol. The van der Waals surface area contributed by atoms with E-state index in [1.165, 1.54) is 22.7 Å². The molecule has 0 radical (unpaired) electrons. The number of rotatable bonds is 3. The van der Waals surface area contributed by atoms with Gasteiger partial charge in [0.1, 0.15) is 6.04 Å². The Morgan fingerprint density at radius 3 is 2.80 bits per heavy atom. The second-order valence-electron chi connectivity index (χ2n) is 4.39. The molecule has 1 amide bonds. The van der Waals surface area contributed by atoms with E-state index < -0.39 is 12.0 Å². The number of nitrogens with zero attached hydrogens (tertiary/aromatic N) is 1. The first-order valence-electron chi connectivity index (χ1n) is 6.10. The second kappa shape index (κ2) is 6.33. The number of carboxylic acids is 1. The molecule has 1 N–H and O–H groups in total. The zero-order chi connectivity index (χ0) is 14.7. The van der Waals surface area contributed by atoms with Crippen LogP contribution in [0.1, 0.15) is 12.5 Å². The summed E-state index contributed by atoms with van der Waals surface area (Å²) in [6, 6.07) is 6.40. The van der Waals surface area contributed by atoms with Crippen molar-refractivity contribution in [2.24, 2.45) is 0 Å². The van der Waals surface area contributed by atoms with Gasteiger partial charge in [-0.15, -0.1) is 11.8 Å². The van der Waals surface area contributed by atoms with Gasteiger partial charge in [-0.2, -0.15) is 0 Å². The number of carboxylic acid groups (broad SMARTS) is 1. The predicted octanol–water partition coefficient (Wildman–Crippen LogP) is 2.73. The van der Waals surface area contributed by atoms with E-state index in [1.54, 1.807) is 24.3 Å². The third-order valence-corrected chi connectivity index (χ3v) is 4.63. The highest BCUT2D eigenvalue weighted by molar-refractivity contribution is 8.00.